The van der Waals surface area contributed by atoms with Crippen molar-refractivity contribution in [3.63, 3.8) is 0 Å². The van der Waals surface area contributed by atoms with Crippen LogP contribution >= 0.6 is 0 Å². The van der Waals surface area contributed by atoms with Gasteiger partial charge >= 0.3 is 0 Å². The zero-order chi connectivity index (χ0) is 21.3. The molecule has 0 radical (unpaired) electrons. The number of fused-ring (bicyclic) bond motifs is 1. The molecule has 0 spiro atoms. The minimum absolute atomic E-state index is 0.271. The normalized spacial score (nSPS) is 19.2. The van der Waals surface area contributed by atoms with Crippen molar-refractivity contribution in [2.24, 2.45) is 0 Å². The standard InChI is InChI=1S/C23H30N2O4S/c1-16-13-17(2)23(18(3)14-16)30(26,27)24-8-10-25-9-4-5-20(25)19-6-7-21-22(15-19)29-12-11-28-21/h6-7,13-15,20,24H,4-5,8-12H2,1-3H3. The summed E-state index contributed by atoms with van der Waals surface area (Å²) in [6, 6.07) is 10.2. The van der Waals surface area contributed by atoms with Crippen LogP contribution in [0.1, 0.15) is 41.1 Å². The molecule has 162 valence electrons. The molecule has 0 aromatic heterocycles. The number of rotatable bonds is 6. The van der Waals surface area contributed by atoms with Crippen LogP contribution in [0, 0.1) is 20.8 Å². The monoisotopic (exact) mass is 430 g/mol. The molecule has 2 aromatic rings. The van der Waals surface area contributed by atoms with Crippen LogP contribution in [0.3, 0.4) is 0 Å². The Hall–Kier alpha value is -2.09. The fraction of sp³-hybridized carbons (Fsp3) is 0.478. The maximum atomic E-state index is 12.9. The summed E-state index contributed by atoms with van der Waals surface area (Å²) in [7, 11) is -3.54. The highest BCUT2D eigenvalue weighted by molar-refractivity contribution is 7.89. The van der Waals surface area contributed by atoms with Gasteiger partial charge in [-0.25, -0.2) is 13.1 Å². The first-order valence-electron chi connectivity index (χ1n) is 10.6. The smallest absolute Gasteiger partial charge is 0.241 e. The number of aryl methyl sites for hydroxylation is 3. The van der Waals surface area contributed by atoms with Crippen LogP contribution in [0.2, 0.25) is 0 Å². The van der Waals surface area contributed by atoms with Crippen LogP contribution in [0.15, 0.2) is 35.2 Å². The summed E-state index contributed by atoms with van der Waals surface area (Å²) < 4.78 is 40.0. The number of hydrogen-bond acceptors (Lipinski definition) is 5. The highest BCUT2D eigenvalue weighted by Gasteiger charge is 2.28. The summed E-state index contributed by atoms with van der Waals surface area (Å²) in [5.41, 5.74) is 3.85. The van der Waals surface area contributed by atoms with Gasteiger partial charge in [-0.15, -0.1) is 0 Å². The molecule has 30 heavy (non-hydrogen) atoms. The zero-order valence-corrected chi connectivity index (χ0v) is 18.7. The van der Waals surface area contributed by atoms with E-state index in [4.69, 9.17) is 9.47 Å². The average molecular weight is 431 g/mol. The molecule has 2 aromatic carbocycles. The summed E-state index contributed by atoms with van der Waals surface area (Å²) in [6.07, 6.45) is 2.16. The molecular formula is C23H30N2O4S. The Labute approximate surface area is 179 Å². The minimum atomic E-state index is -3.54. The molecule has 4 rings (SSSR count). The van der Waals surface area contributed by atoms with E-state index in [0.29, 0.717) is 31.2 Å². The number of nitrogens with zero attached hydrogens (tertiary/aromatic N) is 1. The number of benzene rings is 2. The van der Waals surface area contributed by atoms with Crippen molar-refractivity contribution >= 4 is 10.0 Å². The molecule has 1 fully saturated rings. The van der Waals surface area contributed by atoms with Crippen LogP contribution in [0.25, 0.3) is 0 Å². The summed E-state index contributed by atoms with van der Waals surface area (Å²) >= 11 is 0. The molecule has 2 aliphatic heterocycles. The van der Waals surface area contributed by atoms with Gasteiger partial charge in [-0.05, 0) is 69.0 Å². The van der Waals surface area contributed by atoms with E-state index in [0.717, 1.165) is 47.6 Å². The molecule has 0 saturated carbocycles. The third-order valence-corrected chi connectivity index (χ3v) is 7.64. The van der Waals surface area contributed by atoms with Gasteiger partial charge in [0.2, 0.25) is 10.0 Å². The van der Waals surface area contributed by atoms with Gasteiger partial charge in [-0.1, -0.05) is 23.8 Å². The number of ether oxygens (including phenoxy) is 2. The summed E-state index contributed by atoms with van der Waals surface area (Å²) in [6.45, 7) is 8.86. The maximum Gasteiger partial charge on any atom is 0.241 e. The van der Waals surface area contributed by atoms with E-state index in [9.17, 15) is 8.42 Å². The first-order chi connectivity index (χ1) is 14.3. The van der Waals surface area contributed by atoms with E-state index in [1.165, 1.54) is 5.56 Å². The van der Waals surface area contributed by atoms with Gasteiger partial charge in [0.25, 0.3) is 0 Å². The van der Waals surface area contributed by atoms with Crippen LogP contribution in [0.5, 0.6) is 11.5 Å². The van der Waals surface area contributed by atoms with E-state index >= 15 is 0 Å². The third-order valence-electron chi connectivity index (χ3n) is 5.88. The summed E-state index contributed by atoms with van der Waals surface area (Å²) in [5, 5.41) is 0. The van der Waals surface area contributed by atoms with Crippen molar-refractivity contribution in [3.8, 4) is 11.5 Å². The molecular weight excluding hydrogens is 400 g/mol. The molecule has 0 amide bonds. The summed E-state index contributed by atoms with van der Waals surface area (Å²) in [5.74, 6) is 1.60. The lowest BCUT2D eigenvalue weighted by atomic mass is 10.0. The van der Waals surface area contributed by atoms with Gasteiger partial charge in [-0.2, -0.15) is 0 Å². The predicted molar refractivity (Wildman–Crippen MR) is 117 cm³/mol. The lowest BCUT2D eigenvalue weighted by Gasteiger charge is -2.26. The summed E-state index contributed by atoms with van der Waals surface area (Å²) in [4.78, 5) is 2.75. The molecule has 1 saturated heterocycles. The van der Waals surface area contributed by atoms with Crippen molar-refractivity contribution in [3.05, 3.63) is 52.6 Å². The van der Waals surface area contributed by atoms with Crippen LogP contribution in [-0.2, 0) is 10.0 Å². The van der Waals surface area contributed by atoms with E-state index in [1.807, 2.05) is 39.0 Å². The van der Waals surface area contributed by atoms with Gasteiger partial charge < -0.3 is 9.47 Å². The lowest BCUT2D eigenvalue weighted by molar-refractivity contribution is 0.170. The average Bonchev–Trinajstić information content (AvgIpc) is 3.15. The molecule has 1 unspecified atom stereocenters. The second-order valence-corrected chi connectivity index (χ2v) is 9.93. The lowest BCUT2D eigenvalue weighted by Crippen LogP contribution is -2.35. The fourth-order valence-electron chi connectivity index (χ4n) is 4.72. The van der Waals surface area contributed by atoms with Gasteiger partial charge in [-0.3, -0.25) is 4.90 Å². The second-order valence-electron chi connectivity index (χ2n) is 8.22. The first-order valence-corrected chi connectivity index (χ1v) is 12.0. The topological polar surface area (TPSA) is 67.9 Å². The Kier molecular flexibility index (Phi) is 6.04. The zero-order valence-electron chi connectivity index (χ0n) is 17.9. The fourth-order valence-corrected chi connectivity index (χ4v) is 6.19. The number of sulfonamides is 1. The predicted octanol–water partition coefficient (Wildman–Crippen LogP) is 3.50. The number of likely N-dealkylation sites (tertiary alicyclic amines) is 1. The SMILES string of the molecule is Cc1cc(C)c(S(=O)(=O)NCCN2CCCC2c2ccc3c(c2)OCCO3)c(C)c1. The maximum absolute atomic E-state index is 12.9. The van der Waals surface area contributed by atoms with Gasteiger partial charge in [0.05, 0.1) is 4.90 Å². The Morgan fingerprint density at radius 2 is 1.73 bits per heavy atom. The second kappa shape index (κ2) is 8.57. The van der Waals surface area contributed by atoms with Crippen molar-refractivity contribution in [2.45, 2.75) is 44.6 Å². The Morgan fingerprint density at radius 3 is 2.47 bits per heavy atom. The number of nitrogens with one attached hydrogen (secondary N) is 1. The van der Waals surface area contributed by atoms with E-state index in [1.54, 1.807) is 0 Å². The van der Waals surface area contributed by atoms with Gasteiger partial charge in [0.1, 0.15) is 13.2 Å². The highest BCUT2D eigenvalue weighted by Crippen LogP contribution is 2.37. The van der Waals surface area contributed by atoms with E-state index in [-0.39, 0.29) is 6.04 Å². The van der Waals surface area contributed by atoms with Crippen LogP contribution < -0.4 is 14.2 Å². The van der Waals surface area contributed by atoms with E-state index in [2.05, 4.69) is 21.8 Å². The quantitative estimate of drug-likeness (QED) is 0.760. The molecule has 7 heteroatoms. The molecule has 1 N–H and O–H groups in total. The minimum Gasteiger partial charge on any atom is -0.486 e. The van der Waals surface area contributed by atoms with Crippen molar-refractivity contribution in [2.75, 3.05) is 32.8 Å². The highest BCUT2D eigenvalue weighted by atomic mass is 32.2. The molecule has 0 aliphatic carbocycles. The third kappa shape index (κ3) is 4.33. The Balaban J connectivity index is 1.42. The van der Waals surface area contributed by atoms with Gasteiger partial charge in [0, 0.05) is 19.1 Å². The van der Waals surface area contributed by atoms with Crippen LogP contribution in [0.4, 0.5) is 0 Å². The van der Waals surface area contributed by atoms with Crippen molar-refractivity contribution in [1.82, 2.24) is 9.62 Å². The molecule has 6 nitrogen and oxygen atoms in total. The van der Waals surface area contributed by atoms with Crippen molar-refractivity contribution in [1.29, 1.82) is 0 Å². The Bertz CT molecular complexity index is 1010. The Morgan fingerprint density at radius 1 is 1.03 bits per heavy atom. The van der Waals surface area contributed by atoms with Crippen molar-refractivity contribution < 1.29 is 17.9 Å². The number of hydrogen-bond donors (Lipinski definition) is 1. The molecule has 0 bridgehead atoms. The first kappa shape index (κ1) is 21.2. The van der Waals surface area contributed by atoms with E-state index < -0.39 is 10.0 Å². The molecule has 2 heterocycles. The van der Waals surface area contributed by atoms with Crippen LogP contribution in [-0.4, -0.2) is 46.2 Å². The molecule has 1 atom stereocenters. The van der Waals surface area contributed by atoms with Gasteiger partial charge in [0.15, 0.2) is 11.5 Å². The largest absolute Gasteiger partial charge is 0.486 e. The molecule has 2 aliphatic rings.